The molecule has 0 saturated carbocycles. The molecule has 158 valence electrons. The predicted octanol–water partition coefficient (Wildman–Crippen LogP) is 5.19. The van der Waals surface area contributed by atoms with E-state index in [4.69, 9.17) is 4.74 Å². The summed E-state index contributed by atoms with van der Waals surface area (Å²) in [5, 5.41) is 14.9. The van der Waals surface area contributed by atoms with E-state index in [2.05, 4.69) is 17.6 Å². The summed E-state index contributed by atoms with van der Waals surface area (Å²) in [4.78, 5) is 36.1. The normalized spacial score (nSPS) is 11.2. The second-order valence-electron chi connectivity index (χ2n) is 7.72. The molecule has 8 heteroatoms. The van der Waals surface area contributed by atoms with Crippen molar-refractivity contribution >= 4 is 34.3 Å². The highest BCUT2D eigenvalue weighted by Crippen LogP contribution is 2.34. The van der Waals surface area contributed by atoms with Crippen molar-refractivity contribution in [1.29, 1.82) is 0 Å². The largest absolute Gasteiger partial charge is 0.477 e. The van der Waals surface area contributed by atoms with Gasteiger partial charge < -0.3 is 15.2 Å². The SMILES string of the molecule is CCCCCCCCNC(=O)Nc1sc(C(=O)O)c(C)c1C(=O)OC(C)(C)C. The first-order valence-corrected chi connectivity index (χ1v) is 10.5. The van der Waals surface area contributed by atoms with Crippen LogP contribution in [0.1, 0.15) is 91.8 Å². The smallest absolute Gasteiger partial charge is 0.346 e. The number of amides is 2. The van der Waals surface area contributed by atoms with Gasteiger partial charge in [-0.2, -0.15) is 0 Å². The Hall–Kier alpha value is -2.09. The first-order chi connectivity index (χ1) is 13.1. The molecule has 0 spiro atoms. The third-order valence-electron chi connectivity index (χ3n) is 3.99. The topological polar surface area (TPSA) is 105 Å². The number of thiophene rings is 1. The van der Waals surface area contributed by atoms with Crippen molar-refractivity contribution in [2.45, 2.75) is 78.7 Å². The minimum absolute atomic E-state index is 0.00656. The van der Waals surface area contributed by atoms with Gasteiger partial charge in [0, 0.05) is 6.54 Å². The molecule has 0 aromatic carbocycles. The predicted molar refractivity (Wildman–Crippen MR) is 112 cm³/mol. The van der Waals surface area contributed by atoms with E-state index in [-0.39, 0.29) is 21.0 Å². The van der Waals surface area contributed by atoms with Crippen LogP contribution in [0.25, 0.3) is 0 Å². The van der Waals surface area contributed by atoms with Crippen LogP contribution in [0.2, 0.25) is 0 Å². The molecule has 0 saturated heterocycles. The molecule has 1 heterocycles. The van der Waals surface area contributed by atoms with Crippen LogP contribution in [0.15, 0.2) is 0 Å². The van der Waals surface area contributed by atoms with E-state index >= 15 is 0 Å². The first-order valence-electron chi connectivity index (χ1n) is 9.71. The van der Waals surface area contributed by atoms with Crippen molar-refractivity contribution in [3.8, 4) is 0 Å². The summed E-state index contributed by atoms with van der Waals surface area (Å²) in [6.07, 6.45) is 6.69. The summed E-state index contributed by atoms with van der Waals surface area (Å²) in [7, 11) is 0. The van der Waals surface area contributed by atoms with Crippen LogP contribution in [0.4, 0.5) is 9.80 Å². The molecular formula is C20H32N2O5S. The maximum atomic E-state index is 12.5. The quantitative estimate of drug-likeness (QED) is 0.362. The van der Waals surface area contributed by atoms with Gasteiger partial charge in [-0.1, -0.05) is 39.0 Å². The lowest BCUT2D eigenvalue weighted by atomic mass is 10.1. The average Bonchev–Trinajstić information content (AvgIpc) is 2.89. The van der Waals surface area contributed by atoms with E-state index in [0.29, 0.717) is 6.54 Å². The third kappa shape index (κ3) is 7.88. The number of hydrogen-bond acceptors (Lipinski definition) is 5. The molecule has 0 aliphatic heterocycles. The molecular weight excluding hydrogens is 380 g/mol. The van der Waals surface area contributed by atoms with E-state index in [1.54, 1.807) is 27.7 Å². The number of carbonyl (C=O) groups is 3. The zero-order chi connectivity index (χ0) is 21.3. The van der Waals surface area contributed by atoms with Gasteiger partial charge in [-0.3, -0.25) is 5.32 Å². The van der Waals surface area contributed by atoms with Gasteiger partial charge in [0.15, 0.2) is 0 Å². The van der Waals surface area contributed by atoms with Crippen LogP contribution in [-0.2, 0) is 4.74 Å². The molecule has 0 unspecified atom stereocenters. The number of anilines is 1. The van der Waals surface area contributed by atoms with Crippen molar-refractivity contribution in [2.24, 2.45) is 0 Å². The summed E-state index contributed by atoms with van der Waals surface area (Å²) in [6, 6.07) is -0.462. The van der Waals surface area contributed by atoms with E-state index < -0.39 is 23.6 Å². The number of unbranched alkanes of at least 4 members (excludes halogenated alkanes) is 5. The Morgan fingerprint density at radius 1 is 1.07 bits per heavy atom. The van der Waals surface area contributed by atoms with Crippen molar-refractivity contribution in [3.05, 3.63) is 16.0 Å². The molecule has 3 N–H and O–H groups in total. The number of aromatic carboxylic acids is 1. The molecule has 1 aromatic heterocycles. The molecule has 7 nitrogen and oxygen atoms in total. The number of esters is 1. The Morgan fingerprint density at radius 2 is 1.68 bits per heavy atom. The van der Waals surface area contributed by atoms with Gasteiger partial charge in [0.25, 0.3) is 0 Å². The highest BCUT2D eigenvalue weighted by Gasteiger charge is 2.29. The number of carboxylic acid groups (broad SMARTS) is 1. The van der Waals surface area contributed by atoms with Gasteiger partial charge in [-0.25, -0.2) is 14.4 Å². The maximum absolute atomic E-state index is 12.5. The fourth-order valence-corrected chi connectivity index (χ4v) is 3.66. The van der Waals surface area contributed by atoms with Gasteiger partial charge in [0.2, 0.25) is 0 Å². The number of carbonyl (C=O) groups excluding carboxylic acids is 2. The monoisotopic (exact) mass is 412 g/mol. The Bertz CT molecular complexity index is 692. The van der Waals surface area contributed by atoms with E-state index in [0.717, 1.165) is 30.6 Å². The van der Waals surface area contributed by atoms with Crippen LogP contribution in [-0.4, -0.2) is 35.2 Å². The Balaban J connectivity index is 2.75. The van der Waals surface area contributed by atoms with Crippen molar-refractivity contribution in [2.75, 3.05) is 11.9 Å². The molecule has 28 heavy (non-hydrogen) atoms. The second-order valence-corrected chi connectivity index (χ2v) is 8.74. The Morgan fingerprint density at radius 3 is 2.25 bits per heavy atom. The number of ether oxygens (including phenoxy) is 1. The molecule has 1 rings (SSSR count). The molecule has 2 amide bonds. The van der Waals surface area contributed by atoms with Crippen molar-refractivity contribution in [1.82, 2.24) is 5.32 Å². The van der Waals surface area contributed by atoms with Crippen LogP contribution < -0.4 is 10.6 Å². The standard InChI is InChI=1S/C20H32N2O5S/c1-6-7-8-9-10-11-12-21-19(26)22-16-14(18(25)27-20(3,4)5)13(2)15(28-16)17(23)24/h6-12H2,1-5H3,(H,23,24)(H2,21,22,26). The lowest BCUT2D eigenvalue weighted by Crippen LogP contribution is -2.30. The molecule has 1 aromatic rings. The summed E-state index contributed by atoms with van der Waals surface area (Å²) in [5.41, 5.74) is -0.350. The number of hydrogen-bond donors (Lipinski definition) is 3. The third-order valence-corrected chi connectivity index (χ3v) is 5.18. The molecule has 0 radical (unpaired) electrons. The lowest BCUT2D eigenvalue weighted by Gasteiger charge is -2.20. The first kappa shape index (κ1) is 23.9. The number of carboxylic acids is 1. The fourth-order valence-electron chi connectivity index (χ4n) is 2.64. The number of nitrogens with one attached hydrogen (secondary N) is 2. The van der Waals surface area contributed by atoms with Gasteiger partial charge >= 0.3 is 18.0 Å². The number of urea groups is 1. The van der Waals surface area contributed by atoms with Crippen molar-refractivity contribution in [3.63, 3.8) is 0 Å². The second kappa shape index (κ2) is 11.0. The fraction of sp³-hybridized carbons (Fsp3) is 0.650. The highest BCUT2D eigenvalue weighted by molar-refractivity contribution is 7.18. The summed E-state index contributed by atoms with van der Waals surface area (Å²) >= 11 is 0.857. The highest BCUT2D eigenvalue weighted by atomic mass is 32.1. The van der Waals surface area contributed by atoms with E-state index in [1.807, 2.05) is 0 Å². The number of rotatable bonds is 10. The zero-order valence-corrected chi connectivity index (χ0v) is 18.3. The summed E-state index contributed by atoms with van der Waals surface area (Å²) < 4.78 is 5.37. The van der Waals surface area contributed by atoms with E-state index in [9.17, 15) is 19.5 Å². The van der Waals surface area contributed by atoms with Gasteiger partial charge in [0.1, 0.15) is 15.5 Å². The summed E-state index contributed by atoms with van der Waals surface area (Å²) in [6.45, 7) is 9.41. The van der Waals surface area contributed by atoms with Gasteiger partial charge in [-0.05, 0) is 39.7 Å². The molecule has 0 atom stereocenters. The van der Waals surface area contributed by atoms with Crippen LogP contribution in [0.3, 0.4) is 0 Å². The molecule has 0 fully saturated rings. The van der Waals surface area contributed by atoms with Gasteiger partial charge in [-0.15, -0.1) is 11.3 Å². The van der Waals surface area contributed by atoms with Crippen LogP contribution in [0, 0.1) is 6.92 Å². The average molecular weight is 413 g/mol. The van der Waals surface area contributed by atoms with E-state index in [1.165, 1.54) is 19.3 Å². The van der Waals surface area contributed by atoms with Crippen molar-refractivity contribution < 1.29 is 24.2 Å². The minimum Gasteiger partial charge on any atom is -0.477 e. The van der Waals surface area contributed by atoms with Crippen LogP contribution in [0.5, 0.6) is 0 Å². The molecule has 0 aliphatic carbocycles. The maximum Gasteiger partial charge on any atom is 0.346 e. The Kier molecular flexibility index (Phi) is 9.45. The summed E-state index contributed by atoms with van der Waals surface area (Å²) in [5.74, 6) is -1.80. The zero-order valence-electron chi connectivity index (χ0n) is 17.4. The molecule has 0 bridgehead atoms. The van der Waals surface area contributed by atoms with Gasteiger partial charge in [0.05, 0.1) is 5.56 Å². The lowest BCUT2D eigenvalue weighted by molar-refractivity contribution is 0.00705. The minimum atomic E-state index is -1.15. The Labute approximate surface area is 170 Å². The molecule has 0 aliphatic rings. The van der Waals surface area contributed by atoms with Crippen LogP contribution >= 0.6 is 11.3 Å².